The maximum atomic E-state index is 11.9. The number of amides is 1. The molecule has 0 aliphatic carbocycles. The summed E-state index contributed by atoms with van der Waals surface area (Å²) in [5, 5.41) is 0.701. The van der Waals surface area contributed by atoms with Gasteiger partial charge in [-0.2, -0.15) is 0 Å². The van der Waals surface area contributed by atoms with Crippen molar-refractivity contribution >= 4 is 17.5 Å². The summed E-state index contributed by atoms with van der Waals surface area (Å²) in [6, 6.07) is 12.1. The summed E-state index contributed by atoms with van der Waals surface area (Å²) < 4.78 is 6.00. The Bertz CT molecular complexity index is 757. The number of carbonyl (C=O) groups is 1. The van der Waals surface area contributed by atoms with E-state index in [0.717, 1.165) is 43.1 Å². The van der Waals surface area contributed by atoms with Crippen molar-refractivity contribution in [1.29, 1.82) is 0 Å². The van der Waals surface area contributed by atoms with E-state index in [1.165, 1.54) is 0 Å². The molecule has 0 radical (unpaired) electrons. The summed E-state index contributed by atoms with van der Waals surface area (Å²) in [5.41, 5.74) is 0.923. The van der Waals surface area contributed by atoms with Crippen LogP contribution in [0.2, 0.25) is 5.02 Å². The summed E-state index contributed by atoms with van der Waals surface area (Å²) in [5.74, 6) is 2.49. The van der Waals surface area contributed by atoms with Gasteiger partial charge in [0.05, 0.1) is 11.6 Å². The summed E-state index contributed by atoms with van der Waals surface area (Å²) in [4.78, 5) is 16.2. The van der Waals surface area contributed by atoms with Crippen LogP contribution in [0.1, 0.15) is 18.6 Å². The van der Waals surface area contributed by atoms with E-state index < -0.39 is 0 Å². The lowest BCUT2D eigenvalue weighted by molar-refractivity contribution is -0.127. The number of nitrogens with zero attached hydrogens (tertiary/aromatic N) is 2. The summed E-state index contributed by atoms with van der Waals surface area (Å²) in [6.07, 6.45) is 1.73. The minimum absolute atomic E-state index is 0.283. The molecule has 1 amide bonds. The molecular weight excluding hydrogens is 324 g/mol. The lowest BCUT2D eigenvalue weighted by Gasteiger charge is -2.36. The van der Waals surface area contributed by atoms with Gasteiger partial charge in [0.25, 0.3) is 0 Å². The van der Waals surface area contributed by atoms with Gasteiger partial charge in [0.2, 0.25) is 5.91 Å². The van der Waals surface area contributed by atoms with Gasteiger partial charge in [0.15, 0.2) is 0 Å². The van der Waals surface area contributed by atoms with Crippen LogP contribution < -0.4 is 0 Å². The monoisotopic (exact) mass is 344 g/mol. The molecule has 0 N–H and O–H groups in total. The average Bonchev–Trinajstić information content (AvgIpc) is 3.13. The molecule has 5 heteroatoms. The standard InChI is InChI=1S/C19H21ClN2O2/c1-21-17-8-9-22(11-13(17)10-19(21)23)12-14-6-7-18(24-14)15-4-2-3-5-16(15)20/h2-7,13,17H,8-12H2,1H3/t13-,17+/m1/s1. The van der Waals surface area contributed by atoms with E-state index in [9.17, 15) is 4.79 Å². The Morgan fingerprint density at radius 3 is 2.92 bits per heavy atom. The minimum atomic E-state index is 0.283. The Hall–Kier alpha value is -1.78. The van der Waals surface area contributed by atoms with Crippen molar-refractivity contribution in [3.05, 3.63) is 47.2 Å². The molecule has 2 aromatic rings. The molecule has 0 bridgehead atoms. The minimum Gasteiger partial charge on any atom is -0.460 e. The van der Waals surface area contributed by atoms with Crippen LogP contribution in [0, 0.1) is 5.92 Å². The fourth-order valence-corrected chi connectivity index (χ4v) is 4.22. The number of piperidine rings is 1. The van der Waals surface area contributed by atoms with E-state index in [1.54, 1.807) is 0 Å². The highest BCUT2D eigenvalue weighted by Crippen LogP contribution is 2.33. The van der Waals surface area contributed by atoms with Gasteiger partial charge in [-0.15, -0.1) is 0 Å². The fraction of sp³-hybridized carbons (Fsp3) is 0.421. The highest BCUT2D eigenvalue weighted by molar-refractivity contribution is 6.33. The number of furan rings is 1. The molecular formula is C19H21ClN2O2. The second-order valence-corrected chi connectivity index (χ2v) is 7.21. The molecule has 1 aromatic carbocycles. The van der Waals surface area contributed by atoms with Crippen LogP contribution in [0.25, 0.3) is 11.3 Å². The number of likely N-dealkylation sites (tertiary alicyclic amines) is 2. The van der Waals surface area contributed by atoms with Gasteiger partial charge in [0, 0.05) is 44.1 Å². The third-order valence-electron chi connectivity index (χ3n) is 5.29. The fourth-order valence-electron chi connectivity index (χ4n) is 3.99. The SMILES string of the molecule is CN1C(=O)C[C@@H]2CN(Cc3ccc(-c4ccccc4Cl)o3)CC[C@@H]21. The van der Waals surface area contributed by atoms with Crippen LogP contribution in [-0.2, 0) is 11.3 Å². The largest absolute Gasteiger partial charge is 0.460 e. The van der Waals surface area contributed by atoms with Crippen LogP contribution >= 0.6 is 11.6 Å². The smallest absolute Gasteiger partial charge is 0.222 e. The Balaban J connectivity index is 1.44. The summed E-state index contributed by atoms with van der Waals surface area (Å²) in [7, 11) is 1.94. The first-order valence-corrected chi connectivity index (χ1v) is 8.81. The van der Waals surface area contributed by atoms with Gasteiger partial charge in [-0.05, 0) is 30.7 Å². The third kappa shape index (κ3) is 2.85. The van der Waals surface area contributed by atoms with Crippen molar-refractivity contribution in [2.45, 2.75) is 25.4 Å². The maximum Gasteiger partial charge on any atom is 0.222 e. The van der Waals surface area contributed by atoms with E-state index in [4.69, 9.17) is 16.0 Å². The Morgan fingerprint density at radius 1 is 1.25 bits per heavy atom. The van der Waals surface area contributed by atoms with Gasteiger partial charge in [-0.1, -0.05) is 23.7 Å². The number of hydrogen-bond acceptors (Lipinski definition) is 3. The number of benzene rings is 1. The molecule has 2 atom stereocenters. The van der Waals surface area contributed by atoms with Crippen LogP contribution in [0.15, 0.2) is 40.8 Å². The Labute approximate surface area is 147 Å². The van der Waals surface area contributed by atoms with E-state index in [-0.39, 0.29) is 5.91 Å². The van der Waals surface area contributed by atoms with Crippen LogP contribution in [0.5, 0.6) is 0 Å². The highest BCUT2D eigenvalue weighted by atomic mass is 35.5. The number of rotatable bonds is 3. The molecule has 0 saturated carbocycles. The first kappa shape index (κ1) is 15.7. The predicted molar refractivity (Wildman–Crippen MR) is 93.7 cm³/mol. The topological polar surface area (TPSA) is 36.7 Å². The second-order valence-electron chi connectivity index (χ2n) is 6.81. The highest BCUT2D eigenvalue weighted by Gasteiger charge is 2.40. The van der Waals surface area contributed by atoms with Gasteiger partial charge >= 0.3 is 0 Å². The van der Waals surface area contributed by atoms with Crippen LogP contribution in [0.4, 0.5) is 0 Å². The van der Waals surface area contributed by atoms with E-state index in [0.29, 0.717) is 23.4 Å². The van der Waals surface area contributed by atoms with E-state index in [1.807, 2.05) is 48.3 Å². The number of carbonyl (C=O) groups excluding carboxylic acids is 1. The maximum absolute atomic E-state index is 11.9. The molecule has 3 heterocycles. The molecule has 1 aromatic heterocycles. The molecule has 126 valence electrons. The summed E-state index contributed by atoms with van der Waals surface area (Å²) >= 11 is 6.24. The molecule has 2 aliphatic rings. The number of fused-ring (bicyclic) bond motifs is 1. The number of hydrogen-bond donors (Lipinski definition) is 0. The van der Waals surface area contributed by atoms with Gasteiger partial charge in [-0.25, -0.2) is 0 Å². The zero-order valence-electron chi connectivity index (χ0n) is 13.7. The van der Waals surface area contributed by atoms with Gasteiger partial charge in [0.1, 0.15) is 11.5 Å². The molecule has 4 nitrogen and oxygen atoms in total. The van der Waals surface area contributed by atoms with Crippen LogP contribution in [-0.4, -0.2) is 41.9 Å². The lowest BCUT2D eigenvalue weighted by atomic mass is 9.93. The quantitative estimate of drug-likeness (QED) is 0.852. The second kappa shape index (κ2) is 6.26. The molecule has 24 heavy (non-hydrogen) atoms. The van der Waals surface area contributed by atoms with Gasteiger partial charge in [-0.3, -0.25) is 9.69 Å². The molecule has 2 saturated heterocycles. The third-order valence-corrected chi connectivity index (χ3v) is 5.62. The van der Waals surface area contributed by atoms with Crippen molar-refractivity contribution in [3.8, 4) is 11.3 Å². The van der Waals surface area contributed by atoms with Crippen LogP contribution in [0.3, 0.4) is 0 Å². The summed E-state index contributed by atoms with van der Waals surface area (Å²) in [6.45, 7) is 2.75. The van der Waals surface area contributed by atoms with Crippen molar-refractivity contribution in [3.63, 3.8) is 0 Å². The van der Waals surface area contributed by atoms with E-state index in [2.05, 4.69) is 4.90 Å². The average molecular weight is 345 g/mol. The van der Waals surface area contributed by atoms with Crippen molar-refractivity contribution in [2.24, 2.45) is 5.92 Å². The lowest BCUT2D eigenvalue weighted by Crippen LogP contribution is -2.44. The predicted octanol–water partition coefficient (Wildman–Crippen LogP) is 3.65. The van der Waals surface area contributed by atoms with Crippen molar-refractivity contribution in [1.82, 2.24) is 9.80 Å². The Kier molecular flexibility index (Phi) is 4.10. The first-order chi connectivity index (χ1) is 11.6. The first-order valence-electron chi connectivity index (χ1n) is 8.43. The molecule has 0 unspecified atom stereocenters. The molecule has 2 aliphatic heterocycles. The zero-order valence-corrected chi connectivity index (χ0v) is 14.5. The molecule has 2 fully saturated rings. The Morgan fingerprint density at radius 2 is 2.08 bits per heavy atom. The zero-order chi connectivity index (χ0) is 16.7. The van der Waals surface area contributed by atoms with Crippen molar-refractivity contribution < 1.29 is 9.21 Å². The molecule has 0 spiro atoms. The van der Waals surface area contributed by atoms with Crippen molar-refractivity contribution in [2.75, 3.05) is 20.1 Å². The molecule has 4 rings (SSSR count). The van der Waals surface area contributed by atoms with Gasteiger partial charge < -0.3 is 9.32 Å². The number of halogens is 1. The normalized spacial score (nSPS) is 24.4. The van der Waals surface area contributed by atoms with E-state index >= 15 is 0 Å².